The summed E-state index contributed by atoms with van der Waals surface area (Å²) in [5, 5.41) is 3.49. The summed E-state index contributed by atoms with van der Waals surface area (Å²) >= 11 is 11.9. The highest BCUT2D eigenvalue weighted by Crippen LogP contribution is 2.23. The van der Waals surface area contributed by atoms with E-state index in [4.69, 9.17) is 27.9 Å². The molecule has 0 aliphatic carbocycles. The third-order valence-electron chi connectivity index (χ3n) is 4.22. The second-order valence-corrected chi connectivity index (χ2v) is 6.82. The summed E-state index contributed by atoms with van der Waals surface area (Å²) < 4.78 is 5.32. The Morgan fingerprint density at radius 2 is 2.08 bits per heavy atom. The molecule has 1 aromatic rings. The highest BCUT2D eigenvalue weighted by Gasteiger charge is 2.23. The third-order valence-corrected chi connectivity index (χ3v) is 4.96. The summed E-state index contributed by atoms with van der Waals surface area (Å²) in [5.74, 6) is -0.133. The van der Waals surface area contributed by atoms with Crippen LogP contribution in [0.2, 0.25) is 10.0 Å². The quantitative estimate of drug-likeness (QED) is 0.685. The fraction of sp³-hybridized carbons (Fsp3) is 0.529. The molecule has 0 saturated carbocycles. The summed E-state index contributed by atoms with van der Waals surface area (Å²) in [4.78, 5) is 27.5. The van der Waals surface area contributed by atoms with Crippen LogP contribution >= 0.6 is 23.2 Å². The molecule has 1 aromatic carbocycles. The first-order valence-corrected chi connectivity index (χ1v) is 8.95. The zero-order chi connectivity index (χ0) is 18.2. The summed E-state index contributed by atoms with van der Waals surface area (Å²) in [6, 6.07) is 4.56. The van der Waals surface area contributed by atoms with Gasteiger partial charge in [-0.25, -0.2) is 0 Å². The molecule has 2 rings (SSSR count). The van der Waals surface area contributed by atoms with E-state index in [1.54, 1.807) is 30.1 Å². The van der Waals surface area contributed by atoms with Crippen molar-refractivity contribution in [2.24, 2.45) is 0 Å². The van der Waals surface area contributed by atoms with Gasteiger partial charge in [-0.1, -0.05) is 29.3 Å². The lowest BCUT2D eigenvalue weighted by molar-refractivity contribution is -0.133. The van der Waals surface area contributed by atoms with Crippen molar-refractivity contribution in [1.29, 1.82) is 0 Å². The number of rotatable bonds is 8. The van der Waals surface area contributed by atoms with Gasteiger partial charge < -0.3 is 15.0 Å². The van der Waals surface area contributed by atoms with Crippen LogP contribution in [0.1, 0.15) is 5.56 Å². The molecule has 1 aliphatic rings. The Bertz CT molecular complexity index is 595. The van der Waals surface area contributed by atoms with E-state index in [2.05, 4.69) is 10.2 Å². The molecule has 1 saturated heterocycles. The highest BCUT2D eigenvalue weighted by atomic mass is 35.5. The SMILES string of the molecule is CN(CCN1CCOCC1)C(=O)[C@@H](Cc1ccc(Cl)c(Cl)c1)NC=O. The van der Waals surface area contributed by atoms with Gasteiger partial charge in [0.05, 0.1) is 23.3 Å². The summed E-state index contributed by atoms with van der Waals surface area (Å²) in [7, 11) is 1.75. The van der Waals surface area contributed by atoms with Crippen molar-refractivity contribution >= 4 is 35.5 Å². The molecule has 0 bridgehead atoms. The van der Waals surface area contributed by atoms with E-state index >= 15 is 0 Å². The van der Waals surface area contributed by atoms with E-state index in [0.29, 0.717) is 29.4 Å². The Hall–Kier alpha value is -1.34. The molecule has 0 spiro atoms. The number of halogens is 2. The van der Waals surface area contributed by atoms with Crippen molar-refractivity contribution in [2.75, 3.05) is 46.4 Å². The van der Waals surface area contributed by atoms with Gasteiger partial charge in [0, 0.05) is 39.6 Å². The second-order valence-electron chi connectivity index (χ2n) is 6.00. The lowest BCUT2D eigenvalue weighted by atomic mass is 10.0. The number of morpholine rings is 1. The number of benzene rings is 1. The molecule has 0 unspecified atom stereocenters. The lowest BCUT2D eigenvalue weighted by Gasteiger charge is -2.30. The zero-order valence-corrected chi connectivity index (χ0v) is 15.7. The highest BCUT2D eigenvalue weighted by molar-refractivity contribution is 6.42. The summed E-state index contributed by atoms with van der Waals surface area (Å²) in [5.41, 5.74) is 0.837. The Balaban J connectivity index is 1.93. The van der Waals surface area contributed by atoms with E-state index in [9.17, 15) is 9.59 Å². The van der Waals surface area contributed by atoms with E-state index in [0.717, 1.165) is 38.4 Å². The number of nitrogens with zero attached hydrogens (tertiary/aromatic N) is 2. The maximum Gasteiger partial charge on any atom is 0.245 e. The van der Waals surface area contributed by atoms with E-state index in [1.807, 2.05) is 0 Å². The topological polar surface area (TPSA) is 61.9 Å². The molecular weight excluding hydrogens is 365 g/mol. The fourth-order valence-electron chi connectivity index (χ4n) is 2.69. The Kier molecular flexibility index (Phi) is 7.96. The minimum Gasteiger partial charge on any atom is -0.379 e. The van der Waals surface area contributed by atoms with Gasteiger partial charge in [-0.2, -0.15) is 0 Å². The Labute approximate surface area is 158 Å². The van der Waals surface area contributed by atoms with Gasteiger partial charge >= 0.3 is 0 Å². The Morgan fingerprint density at radius 1 is 1.36 bits per heavy atom. The average molecular weight is 388 g/mol. The van der Waals surface area contributed by atoms with Gasteiger partial charge in [0.15, 0.2) is 0 Å². The van der Waals surface area contributed by atoms with E-state index < -0.39 is 6.04 Å². The van der Waals surface area contributed by atoms with Crippen LogP contribution < -0.4 is 5.32 Å². The molecule has 0 radical (unpaired) electrons. The van der Waals surface area contributed by atoms with E-state index in [-0.39, 0.29) is 5.91 Å². The van der Waals surface area contributed by atoms with Crippen LogP contribution in [0, 0.1) is 0 Å². The minimum absolute atomic E-state index is 0.133. The fourth-order valence-corrected chi connectivity index (χ4v) is 3.02. The van der Waals surface area contributed by atoms with Crippen molar-refractivity contribution < 1.29 is 14.3 Å². The van der Waals surface area contributed by atoms with Crippen molar-refractivity contribution in [2.45, 2.75) is 12.5 Å². The summed E-state index contributed by atoms with van der Waals surface area (Å²) in [6.45, 7) is 4.58. The first-order valence-electron chi connectivity index (χ1n) is 8.20. The second kappa shape index (κ2) is 9.97. The predicted octanol–water partition coefficient (Wildman–Crippen LogP) is 1.44. The largest absolute Gasteiger partial charge is 0.379 e. The number of hydrogen-bond donors (Lipinski definition) is 1. The number of ether oxygens (including phenoxy) is 1. The van der Waals surface area contributed by atoms with Crippen LogP contribution in [-0.4, -0.2) is 74.6 Å². The molecule has 6 nitrogen and oxygen atoms in total. The molecule has 8 heteroatoms. The molecule has 1 heterocycles. The van der Waals surface area contributed by atoms with Gasteiger partial charge in [-0.05, 0) is 17.7 Å². The zero-order valence-electron chi connectivity index (χ0n) is 14.2. The monoisotopic (exact) mass is 387 g/mol. The number of amides is 2. The minimum atomic E-state index is -0.635. The smallest absolute Gasteiger partial charge is 0.245 e. The van der Waals surface area contributed by atoms with Crippen LogP contribution in [0.15, 0.2) is 18.2 Å². The molecule has 1 N–H and O–H groups in total. The Morgan fingerprint density at radius 3 is 2.72 bits per heavy atom. The first kappa shape index (κ1) is 20.0. The van der Waals surface area contributed by atoms with Crippen molar-refractivity contribution in [3.8, 4) is 0 Å². The molecule has 1 atom stereocenters. The molecule has 138 valence electrons. The molecule has 25 heavy (non-hydrogen) atoms. The molecule has 0 aromatic heterocycles. The summed E-state index contributed by atoms with van der Waals surface area (Å²) in [6.07, 6.45) is 0.909. The van der Waals surface area contributed by atoms with Gasteiger partial charge in [-0.15, -0.1) is 0 Å². The molecular formula is C17H23Cl2N3O3. The van der Waals surface area contributed by atoms with Gasteiger partial charge in [0.1, 0.15) is 6.04 Å². The van der Waals surface area contributed by atoms with Gasteiger partial charge in [0.25, 0.3) is 0 Å². The van der Waals surface area contributed by atoms with Crippen LogP contribution in [-0.2, 0) is 20.7 Å². The van der Waals surface area contributed by atoms with Crippen molar-refractivity contribution in [1.82, 2.24) is 15.1 Å². The number of carbonyl (C=O) groups excluding carboxylic acids is 2. The number of hydrogen-bond acceptors (Lipinski definition) is 4. The van der Waals surface area contributed by atoms with Crippen LogP contribution in [0.25, 0.3) is 0 Å². The van der Waals surface area contributed by atoms with E-state index in [1.165, 1.54) is 0 Å². The molecule has 1 aliphatic heterocycles. The average Bonchev–Trinajstić information content (AvgIpc) is 2.62. The normalized spacial score (nSPS) is 16.3. The predicted molar refractivity (Wildman–Crippen MR) is 98.0 cm³/mol. The number of carbonyl (C=O) groups is 2. The molecule has 2 amide bonds. The van der Waals surface area contributed by atoms with Crippen LogP contribution in [0.3, 0.4) is 0 Å². The van der Waals surface area contributed by atoms with Crippen molar-refractivity contribution in [3.63, 3.8) is 0 Å². The standard InChI is InChI=1S/C17H23Cl2N3O3/c1-21(4-5-22-6-8-25-9-7-22)17(24)16(20-12-23)11-13-2-3-14(18)15(19)10-13/h2-3,10,12,16H,4-9,11H2,1H3,(H,20,23)/t16-/m1/s1. The maximum atomic E-state index is 12.7. The van der Waals surface area contributed by atoms with Gasteiger partial charge in [0.2, 0.25) is 12.3 Å². The van der Waals surface area contributed by atoms with Crippen LogP contribution in [0.5, 0.6) is 0 Å². The van der Waals surface area contributed by atoms with Crippen molar-refractivity contribution in [3.05, 3.63) is 33.8 Å². The van der Waals surface area contributed by atoms with Crippen LogP contribution in [0.4, 0.5) is 0 Å². The molecule has 1 fully saturated rings. The number of nitrogens with one attached hydrogen (secondary N) is 1. The lowest BCUT2D eigenvalue weighted by Crippen LogP contribution is -2.48. The number of likely N-dealkylation sites (N-methyl/N-ethyl adjacent to an activating group) is 1. The third kappa shape index (κ3) is 6.15. The maximum absolute atomic E-state index is 12.7. The first-order chi connectivity index (χ1) is 12.0. The van der Waals surface area contributed by atoms with Gasteiger partial charge in [-0.3, -0.25) is 14.5 Å².